The molecule has 1 aromatic rings. The number of rotatable bonds is 7. The fourth-order valence-electron chi connectivity index (χ4n) is 2.39. The zero-order valence-electron chi connectivity index (χ0n) is 11.7. The van der Waals surface area contributed by atoms with Crippen molar-refractivity contribution >= 4 is 15.9 Å². The normalized spacial score (nSPS) is 13.6. The Hall–Kier alpha value is -0.450. The third-order valence-corrected chi connectivity index (χ3v) is 4.16. The van der Waals surface area contributed by atoms with Gasteiger partial charge in [0.05, 0.1) is 11.7 Å². The molecule has 1 unspecified atom stereocenters. The average Bonchev–Trinajstić information content (AvgIpc) is 2.39. The molecule has 0 aliphatic heterocycles. The van der Waals surface area contributed by atoms with Crippen LogP contribution in [0.4, 0.5) is 4.39 Å². The van der Waals surface area contributed by atoms with Crippen molar-refractivity contribution in [2.75, 3.05) is 6.61 Å². The van der Waals surface area contributed by atoms with Crippen LogP contribution in [0.1, 0.15) is 39.2 Å². The van der Waals surface area contributed by atoms with Crippen molar-refractivity contribution in [3.8, 4) is 0 Å². The monoisotopic (exact) mass is 332 g/mol. The van der Waals surface area contributed by atoms with Gasteiger partial charge in [-0.3, -0.25) is 0 Å². The van der Waals surface area contributed by atoms with E-state index in [4.69, 9.17) is 4.74 Å². The number of halogens is 2. The second-order valence-electron chi connectivity index (χ2n) is 4.66. The molecular weight excluding hydrogens is 311 g/mol. The van der Waals surface area contributed by atoms with Crippen LogP contribution in [0.2, 0.25) is 0 Å². The molecule has 0 radical (unpaired) electrons. The first kappa shape index (κ1) is 16.6. The van der Waals surface area contributed by atoms with Crippen LogP contribution in [0.5, 0.6) is 0 Å². The fraction of sp³-hybridized carbons (Fsp3) is 0.600. The number of aliphatic hydroxyl groups excluding tert-OH is 1. The Kier molecular flexibility index (Phi) is 6.43. The van der Waals surface area contributed by atoms with E-state index in [2.05, 4.69) is 15.9 Å². The van der Waals surface area contributed by atoms with Crippen LogP contribution in [0.15, 0.2) is 22.7 Å². The van der Waals surface area contributed by atoms with Gasteiger partial charge in [-0.15, -0.1) is 0 Å². The summed E-state index contributed by atoms with van der Waals surface area (Å²) in [5.41, 5.74) is -0.0736. The van der Waals surface area contributed by atoms with Crippen LogP contribution >= 0.6 is 15.9 Å². The molecule has 0 aliphatic carbocycles. The van der Waals surface area contributed by atoms with E-state index < -0.39 is 11.7 Å². The summed E-state index contributed by atoms with van der Waals surface area (Å²) >= 11 is 3.23. The molecule has 0 fully saturated rings. The number of hydrogen-bond acceptors (Lipinski definition) is 2. The van der Waals surface area contributed by atoms with E-state index >= 15 is 0 Å². The van der Waals surface area contributed by atoms with Gasteiger partial charge in [-0.25, -0.2) is 4.39 Å². The van der Waals surface area contributed by atoms with E-state index in [0.29, 0.717) is 29.5 Å². The molecule has 1 rings (SSSR count). The SMILES string of the molecule is CCOC(CC)(CC)C(O)Cc1ccc(Br)cc1F. The second-order valence-corrected chi connectivity index (χ2v) is 5.58. The Labute approximate surface area is 123 Å². The number of aliphatic hydroxyl groups is 1. The summed E-state index contributed by atoms with van der Waals surface area (Å²) in [6, 6.07) is 4.90. The maximum atomic E-state index is 13.8. The van der Waals surface area contributed by atoms with Crippen LogP contribution in [0, 0.1) is 5.82 Å². The van der Waals surface area contributed by atoms with Crippen molar-refractivity contribution in [1.82, 2.24) is 0 Å². The average molecular weight is 333 g/mol. The Morgan fingerprint density at radius 1 is 1.32 bits per heavy atom. The predicted molar refractivity (Wildman–Crippen MR) is 78.7 cm³/mol. The van der Waals surface area contributed by atoms with Crippen LogP contribution in [-0.4, -0.2) is 23.4 Å². The molecule has 0 saturated carbocycles. The maximum Gasteiger partial charge on any atom is 0.127 e. The molecule has 0 heterocycles. The standard InChI is InChI=1S/C15H22BrFO2/c1-4-15(5-2,19-6-3)14(18)9-11-7-8-12(16)10-13(11)17/h7-8,10,14,18H,4-6,9H2,1-3H3. The summed E-state index contributed by atoms with van der Waals surface area (Å²) in [6.07, 6.45) is 0.965. The first-order chi connectivity index (χ1) is 8.99. The van der Waals surface area contributed by atoms with Crippen molar-refractivity contribution in [1.29, 1.82) is 0 Å². The summed E-state index contributed by atoms with van der Waals surface area (Å²) in [7, 11) is 0. The highest BCUT2D eigenvalue weighted by Gasteiger charge is 2.35. The predicted octanol–water partition coefficient (Wildman–Crippen LogP) is 4.09. The lowest BCUT2D eigenvalue weighted by molar-refractivity contribution is -0.124. The number of benzene rings is 1. The first-order valence-electron chi connectivity index (χ1n) is 6.75. The van der Waals surface area contributed by atoms with Crippen molar-refractivity contribution in [3.63, 3.8) is 0 Å². The smallest absolute Gasteiger partial charge is 0.127 e. The van der Waals surface area contributed by atoms with Crippen molar-refractivity contribution in [2.45, 2.75) is 51.7 Å². The molecule has 2 nitrogen and oxygen atoms in total. The van der Waals surface area contributed by atoms with Crippen molar-refractivity contribution < 1.29 is 14.2 Å². The zero-order chi connectivity index (χ0) is 14.5. The van der Waals surface area contributed by atoms with Crippen LogP contribution in [-0.2, 0) is 11.2 Å². The van der Waals surface area contributed by atoms with Crippen LogP contribution in [0.25, 0.3) is 0 Å². The Morgan fingerprint density at radius 3 is 2.42 bits per heavy atom. The van der Waals surface area contributed by atoms with Gasteiger partial charge in [-0.2, -0.15) is 0 Å². The van der Waals surface area contributed by atoms with Gasteiger partial charge in [0, 0.05) is 17.5 Å². The molecule has 0 saturated heterocycles. The minimum Gasteiger partial charge on any atom is -0.390 e. The van der Waals surface area contributed by atoms with Gasteiger partial charge in [0.2, 0.25) is 0 Å². The van der Waals surface area contributed by atoms with Gasteiger partial charge < -0.3 is 9.84 Å². The minimum absolute atomic E-state index is 0.265. The van der Waals surface area contributed by atoms with Crippen LogP contribution in [0.3, 0.4) is 0 Å². The third-order valence-electron chi connectivity index (χ3n) is 3.66. The van der Waals surface area contributed by atoms with Gasteiger partial charge in [0.1, 0.15) is 5.82 Å². The molecule has 1 aromatic carbocycles. The van der Waals surface area contributed by atoms with Gasteiger partial charge in [0.15, 0.2) is 0 Å². The molecule has 108 valence electrons. The largest absolute Gasteiger partial charge is 0.390 e. The van der Waals surface area contributed by atoms with E-state index in [0.717, 1.165) is 0 Å². The van der Waals surface area contributed by atoms with Crippen molar-refractivity contribution in [2.24, 2.45) is 0 Å². The van der Waals surface area contributed by atoms with Gasteiger partial charge >= 0.3 is 0 Å². The van der Waals surface area contributed by atoms with Gasteiger partial charge in [-0.1, -0.05) is 35.8 Å². The lowest BCUT2D eigenvalue weighted by Crippen LogP contribution is -2.45. The second kappa shape index (κ2) is 7.36. The zero-order valence-corrected chi connectivity index (χ0v) is 13.3. The number of ether oxygens (including phenoxy) is 1. The van der Waals surface area contributed by atoms with Gasteiger partial charge in [0.25, 0.3) is 0 Å². The summed E-state index contributed by atoms with van der Waals surface area (Å²) in [6.45, 7) is 6.43. The summed E-state index contributed by atoms with van der Waals surface area (Å²) < 4.78 is 20.3. The van der Waals surface area contributed by atoms with E-state index in [1.165, 1.54) is 6.07 Å². The maximum absolute atomic E-state index is 13.8. The molecule has 4 heteroatoms. The van der Waals surface area contributed by atoms with E-state index in [9.17, 15) is 9.50 Å². The third kappa shape index (κ3) is 4.01. The molecule has 0 aromatic heterocycles. The molecule has 0 aliphatic rings. The van der Waals surface area contributed by atoms with E-state index in [1.54, 1.807) is 12.1 Å². The summed E-state index contributed by atoms with van der Waals surface area (Å²) in [5.74, 6) is -0.300. The lowest BCUT2D eigenvalue weighted by atomic mass is 9.86. The molecule has 19 heavy (non-hydrogen) atoms. The topological polar surface area (TPSA) is 29.5 Å². The van der Waals surface area contributed by atoms with Gasteiger partial charge in [-0.05, 0) is 37.5 Å². The van der Waals surface area contributed by atoms with E-state index in [-0.39, 0.29) is 12.2 Å². The minimum atomic E-state index is -0.710. The summed E-state index contributed by atoms with van der Waals surface area (Å²) in [5, 5.41) is 10.4. The lowest BCUT2D eigenvalue weighted by Gasteiger charge is -2.36. The molecular formula is C15H22BrFO2. The van der Waals surface area contributed by atoms with Crippen LogP contribution < -0.4 is 0 Å². The van der Waals surface area contributed by atoms with Crippen molar-refractivity contribution in [3.05, 3.63) is 34.1 Å². The van der Waals surface area contributed by atoms with E-state index in [1.807, 2.05) is 20.8 Å². The highest BCUT2D eigenvalue weighted by molar-refractivity contribution is 9.10. The molecule has 1 N–H and O–H groups in total. The Bertz CT molecular complexity index is 405. The fourth-order valence-corrected chi connectivity index (χ4v) is 2.72. The number of hydrogen-bond donors (Lipinski definition) is 1. The summed E-state index contributed by atoms with van der Waals surface area (Å²) in [4.78, 5) is 0. The quantitative estimate of drug-likeness (QED) is 0.814. The first-order valence-corrected chi connectivity index (χ1v) is 7.54. The molecule has 1 atom stereocenters. The molecule has 0 spiro atoms. The Balaban J connectivity index is 2.89. The highest BCUT2D eigenvalue weighted by Crippen LogP contribution is 2.28. The highest BCUT2D eigenvalue weighted by atomic mass is 79.9. The molecule has 0 amide bonds. The Morgan fingerprint density at radius 2 is 1.95 bits per heavy atom. The molecule has 0 bridgehead atoms.